The fourth-order valence-electron chi connectivity index (χ4n) is 5.58. The van der Waals surface area contributed by atoms with Crippen LogP contribution >= 0.6 is 0 Å². The van der Waals surface area contributed by atoms with Crippen molar-refractivity contribution in [2.24, 2.45) is 0 Å². The molecule has 0 radical (unpaired) electrons. The Bertz CT molecular complexity index is 1930. The minimum atomic E-state index is -3.95. The van der Waals surface area contributed by atoms with Crippen molar-refractivity contribution in [1.82, 2.24) is 19.3 Å². The monoisotopic (exact) mass is 616 g/mol. The Morgan fingerprint density at radius 3 is 2.16 bits per heavy atom. The number of piperidine rings is 1. The Morgan fingerprint density at radius 1 is 0.841 bits per heavy atom. The third-order valence-electron chi connectivity index (χ3n) is 7.89. The van der Waals surface area contributed by atoms with Crippen molar-refractivity contribution in [3.63, 3.8) is 0 Å². The van der Waals surface area contributed by atoms with E-state index in [1.165, 1.54) is 66.4 Å². The Labute approximate surface area is 253 Å². The largest absolute Gasteiger partial charge is 0.423 e. The molecule has 1 aliphatic heterocycles. The molecular formula is C33H30F2N4O4S. The van der Waals surface area contributed by atoms with Gasteiger partial charge in [0.15, 0.2) is 0 Å². The lowest BCUT2D eigenvalue weighted by molar-refractivity contribution is 0.252. The molecule has 44 heavy (non-hydrogen) atoms. The molecule has 8 nitrogen and oxygen atoms in total. The quantitative estimate of drug-likeness (QED) is 0.152. The van der Waals surface area contributed by atoms with Crippen LogP contribution in [0.3, 0.4) is 0 Å². The van der Waals surface area contributed by atoms with E-state index in [4.69, 9.17) is 4.42 Å². The molecule has 2 aromatic heterocycles. The van der Waals surface area contributed by atoms with Gasteiger partial charge < -0.3 is 9.32 Å². The molecule has 6 rings (SSSR count). The maximum atomic E-state index is 13.6. The van der Waals surface area contributed by atoms with Gasteiger partial charge in [-0.2, -0.15) is 8.42 Å². The molecule has 0 aliphatic carbocycles. The minimum absolute atomic E-state index is 0.0239. The van der Waals surface area contributed by atoms with Crippen LogP contribution in [0, 0.1) is 11.6 Å². The Morgan fingerprint density at radius 2 is 1.50 bits per heavy atom. The number of hydrogen-bond acceptors (Lipinski definition) is 7. The second-order valence-corrected chi connectivity index (χ2v) is 12.6. The highest BCUT2D eigenvalue weighted by molar-refractivity contribution is 7.89. The van der Waals surface area contributed by atoms with Crippen molar-refractivity contribution in [1.29, 1.82) is 0 Å². The number of hydrogen-bond donors (Lipinski definition) is 0. The number of aromatic nitrogens is 3. The highest BCUT2D eigenvalue weighted by Crippen LogP contribution is 2.33. The van der Waals surface area contributed by atoms with E-state index in [9.17, 15) is 22.0 Å². The van der Waals surface area contributed by atoms with E-state index in [0.717, 1.165) is 66.1 Å². The van der Waals surface area contributed by atoms with Gasteiger partial charge in [-0.05, 0) is 104 Å². The molecule has 1 aliphatic rings. The van der Waals surface area contributed by atoms with Crippen LogP contribution in [0.4, 0.5) is 8.78 Å². The van der Waals surface area contributed by atoms with Crippen molar-refractivity contribution in [2.75, 3.05) is 19.6 Å². The number of rotatable bonds is 9. The molecule has 3 heterocycles. The highest BCUT2D eigenvalue weighted by Gasteiger charge is 2.21. The molecular weight excluding hydrogens is 586 g/mol. The lowest BCUT2D eigenvalue weighted by Gasteiger charge is -2.30. The van der Waals surface area contributed by atoms with Gasteiger partial charge in [0.1, 0.15) is 17.2 Å². The molecule has 0 atom stereocenters. The van der Waals surface area contributed by atoms with Crippen LogP contribution < -0.4 is 5.63 Å². The molecule has 0 bridgehead atoms. The lowest BCUT2D eigenvalue weighted by Crippen LogP contribution is -2.32. The van der Waals surface area contributed by atoms with Gasteiger partial charge in [0.05, 0.1) is 16.8 Å². The van der Waals surface area contributed by atoms with Crippen molar-refractivity contribution >= 4 is 26.6 Å². The number of halogens is 2. The van der Waals surface area contributed by atoms with E-state index in [-0.39, 0.29) is 16.5 Å². The molecule has 5 aromatic rings. The van der Waals surface area contributed by atoms with Crippen molar-refractivity contribution < 1.29 is 21.6 Å². The summed E-state index contributed by atoms with van der Waals surface area (Å²) in [6.45, 7) is 2.66. The van der Waals surface area contributed by atoms with Crippen molar-refractivity contribution in [3.05, 3.63) is 130 Å². The Hall–Kier alpha value is -4.48. The second-order valence-electron chi connectivity index (χ2n) is 10.8. The first-order valence-electron chi connectivity index (χ1n) is 14.4. The summed E-state index contributed by atoms with van der Waals surface area (Å²) in [4.78, 5) is 13.8. The van der Waals surface area contributed by atoms with Crippen LogP contribution in [0.25, 0.3) is 16.5 Å². The Kier molecular flexibility index (Phi) is 8.49. The minimum Gasteiger partial charge on any atom is -0.423 e. The van der Waals surface area contributed by atoms with E-state index in [0.29, 0.717) is 23.1 Å². The van der Waals surface area contributed by atoms with Crippen LogP contribution in [-0.2, 0) is 16.4 Å². The third-order valence-corrected chi connectivity index (χ3v) is 9.41. The maximum absolute atomic E-state index is 13.6. The smallest absolute Gasteiger partial charge is 0.336 e. The van der Waals surface area contributed by atoms with Gasteiger partial charge in [-0.3, -0.25) is 0 Å². The standard InChI is InChI=1S/C33H30F2N4O4S/c34-27-9-4-23(5-10-27)33(24-6-11-28(35)12-7-24)25-16-19-38(20-17-25)18-2-1-3-29-22-39(37-36-29)44(41,42)30-13-14-31-26(21-30)8-15-32(40)43-31/h4-15,21-22H,1-3,16-20H2. The van der Waals surface area contributed by atoms with E-state index in [2.05, 4.69) is 15.2 Å². The first-order chi connectivity index (χ1) is 21.3. The lowest BCUT2D eigenvalue weighted by atomic mass is 9.88. The van der Waals surface area contributed by atoms with Gasteiger partial charge in [-0.15, -0.1) is 9.19 Å². The fraction of sp³-hybridized carbons (Fsp3) is 0.242. The van der Waals surface area contributed by atoms with E-state index >= 15 is 0 Å². The first-order valence-corrected chi connectivity index (χ1v) is 15.9. The molecule has 226 valence electrons. The fourth-order valence-corrected chi connectivity index (χ4v) is 6.70. The topological polar surface area (TPSA) is 98.3 Å². The van der Waals surface area contributed by atoms with Crippen LogP contribution in [-0.4, -0.2) is 47.4 Å². The molecule has 0 unspecified atom stereocenters. The summed E-state index contributed by atoms with van der Waals surface area (Å²) in [5, 5.41) is 8.42. The molecule has 0 amide bonds. The van der Waals surface area contributed by atoms with Gasteiger partial charge in [-0.25, -0.2) is 13.6 Å². The number of unbranched alkanes of at least 4 members (excludes halogenated alkanes) is 1. The summed E-state index contributed by atoms with van der Waals surface area (Å²) >= 11 is 0. The first kappa shape index (κ1) is 29.6. The summed E-state index contributed by atoms with van der Waals surface area (Å²) in [5.74, 6) is -0.586. The predicted octanol–water partition coefficient (Wildman–Crippen LogP) is 5.82. The zero-order chi connectivity index (χ0) is 30.7. The normalized spacial score (nSPS) is 14.3. The zero-order valence-electron chi connectivity index (χ0n) is 23.8. The van der Waals surface area contributed by atoms with Crippen LogP contribution in [0.1, 0.15) is 42.5 Å². The summed E-state index contributed by atoms with van der Waals surface area (Å²) in [6.07, 6.45) is 5.49. The summed E-state index contributed by atoms with van der Waals surface area (Å²) in [5.41, 5.74) is 4.54. The van der Waals surface area contributed by atoms with Gasteiger partial charge in [0.25, 0.3) is 10.0 Å². The van der Waals surface area contributed by atoms with Crippen molar-refractivity contribution in [3.8, 4) is 0 Å². The maximum Gasteiger partial charge on any atom is 0.336 e. The summed E-state index contributed by atoms with van der Waals surface area (Å²) < 4.78 is 59.4. The van der Waals surface area contributed by atoms with E-state index in [1.54, 1.807) is 24.3 Å². The number of nitrogens with zero attached hydrogens (tertiary/aromatic N) is 4. The zero-order valence-corrected chi connectivity index (χ0v) is 24.6. The summed E-state index contributed by atoms with van der Waals surface area (Å²) in [6, 6.07) is 19.9. The predicted molar refractivity (Wildman–Crippen MR) is 163 cm³/mol. The number of fused-ring (bicyclic) bond motifs is 1. The molecule has 11 heteroatoms. The van der Waals surface area contributed by atoms with Crippen LogP contribution in [0.15, 0.2) is 105 Å². The number of likely N-dealkylation sites (tertiary alicyclic amines) is 1. The highest BCUT2D eigenvalue weighted by atomic mass is 32.2. The molecule has 3 aromatic carbocycles. The number of benzene rings is 3. The third kappa shape index (κ3) is 6.53. The van der Waals surface area contributed by atoms with Crippen LogP contribution in [0.2, 0.25) is 0 Å². The SMILES string of the molecule is O=c1ccc2cc(S(=O)(=O)n3cc(CCCCN4CCC(=C(c5ccc(F)cc5)c5ccc(F)cc5)CC4)nn3)ccc2o1. The van der Waals surface area contributed by atoms with Crippen molar-refractivity contribution in [2.45, 2.75) is 37.0 Å². The van der Waals surface area contributed by atoms with Crippen LogP contribution in [0.5, 0.6) is 0 Å². The molecule has 0 spiro atoms. The average Bonchev–Trinajstić information content (AvgIpc) is 3.52. The van der Waals surface area contributed by atoms with E-state index in [1.807, 2.05) is 0 Å². The molecule has 0 N–H and O–H groups in total. The second kappa shape index (κ2) is 12.6. The number of aryl methyl sites for hydroxylation is 1. The van der Waals surface area contributed by atoms with Gasteiger partial charge in [-0.1, -0.05) is 35.1 Å². The molecule has 1 fully saturated rings. The van der Waals surface area contributed by atoms with Gasteiger partial charge in [0, 0.05) is 24.5 Å². The molecule has 0 saturated carbocycles. The Balaban J connectivity index is 1.04. The van der Waals surface area contributed by atoms with Gasteiger partial charge in [0.2, 0.25) is 0 Å². The van der Waals surface area contributed by atoms with Gasteiger partial charge >= 0.3 is 5.63 Å². The molecule has 1 saturated heterocycles. The summed E-state index contributed by atoms with van der Waals surface area (Å²) in [7, 11) is -3.95. The average molecular weight is 617 g/mol. The van der Waals surface area contributed by atoms with E-state index < -0.39 is 15.6 Å².